The zero-order valence-electron chi connectivity index (χ0n) is 15.5. The number of ether oxygens (including phenoxy) is 2. The molecule has 8 nitrogen and oxygen atoms in total. The molecule has 0 aliphatic rings. The second kappa shape index (κ2) is 8.90. The lowest BCUT2D eigenvalue weighted by Crippen LogP contribution is -2.61. The average Bonchev–Trinajstić information content (AvgIpc) is 2.66. The first-order valence-corrected chi connectivity index (χ1v) is 8.37. The van der Waals surface area contributed by atoms with Gasteiger partial charge in [0.05, 0.1) is 7.11 Å². The second-order valence-corrected chi connectivity index (χ2v) is 6.13. The van der Waals surface area contributed by atoms with Crippen molar-refractivity contribution in [3.8, 4) is 11.5 Å². The van der Waals surface area contributed by atoms with Crippen molar-refractivity contribution in [3.63, 3.8) is 0 Å². The van der Waals surface area contributed by atoms with Crippen molar-refractivity contribution >= 4 is 17.8 Å². The highest BCUT2D eigenvalue weighted by atomic mass is 16.5. The summed E-state index contributed by atoms with van der Waals surface area (Å²) in [6, 6.07) is 14.1. The highest BCUT2D eigenvalue weighted by Gasteiger charge is 2.47. The van der Waals surface area contributed by atoms with Gasteiger partial charge < -0.3 is 25.0 Å². The molecule has 2 aromatic rings. The molecular weight excluding hydrogens is 366 g/mol. The molecule has 0 atom stereocenters. The molecule has 2 rings (SSSR count). The lowest BCUT2D eigenvalue weighted by atomic mass is 9.90. The molecule has 0 unspecified atom stereocenters. The number of amides is 1. The number of carboxylic acids is 2. The summed E-state index contributed by atoms with van der Waals surface area (Å²) < 4.78 is 11.0. The predicted octanol–water partition coefficient (Wildman–Crippen LogP) is 1.86. The SMILES string of the molecule is COc1cc(CC(NC(C)=O)(C(=O)O)C(=O)O)ccc1OCc1ccccc1. The van der Waals surface area contributed by atoms with Crippen LogP contribution >= 0.6 is 0 Å². The van der Waals surface area contributed by atoms with Crippen LogP contribution in [0.1, 0.15) is 18.1 Å². The number of carbonyl (C=O) groups is 3. The van der Waals surface area contributed by atoms with E-state index >= 15 is 0 Å². The lowest BCUT2D eigenvalue weighted by Gasteiger charge is -2.26. The second-order valence-electron chi connectivity index (χ2n) is 6.13. The Morgan fingerprint density at radius 1 is 0.964 bits per heavy atom. The zero-order chi connectivity index (χ0) is 20.7. The zero-order valence-corrected chi connectivity index (χ0v) is 15.5. The summed E-state index contributed by atoms with van der Waals surface area (Å²) in [4.78, 5) is 34.6. The third kappa shape index (κ3) is 4.79. The predicted molar refractivity (Wildman–Crippen MR) is 99.3 cm³/mol. The standard InChI is InChI=1S/C20H21NO7/c1-13(22)21-20(18(23)24,19(25)26)11-15-8-9-16(17(10-15)27-2)28-12-14-6-4-3-5-7-14/h3-10H,11-12H2,1-2H3,(H,21,22)(H,23,24)(H,25,26). The monoisotopic (exact) mass is 387 g/mol. The number of hydrogen-bond donors (Lipinski definition) is 3. The number of benzene rings is 2. The minimum absolute atomic E-state index is 0.302. The minimum atomic E-state index is -2.48. The third-order valence-corrected chi connectivity index (χ3v) is 4.05. The maximum Gasteiger partial charge on any atom is 0.341 e. The number of carboxylic acid groups (broad SMARTS) is 2. The van der Waals surface area contributed by atoms with Crippen LogP contribution in [0.2, 0.25) is 0 Å². The van der Waals surface area contributed by atoms with E-state index in [9.17, 15) is 24.6 Å². The van der Waals surface area contributed by atoms with Crippen LogP contribution in [-0.2, 0) is 27.4 Å². The molecule has 1 amide bonds. The Labute approximate surface area is 161 Å². The average molecular weight is 387 g/mol. The number of rotatable bonds is 9. The summed E-state index contributed by atoms with van der Waals surface area (Å²) in [5.74, 6) is -3.36. The Balaban J connectivity index is 2.27. The molecule has 148 valence electrons. The molecule has 0 aliphatic heterocycles. The molecule has 0 fully saturated rings. The van der Waals surface area contributed by atoms with Crippen LogP contribution in [0.15, 0.2) is 48.5 Å². The molecule has 0 spiro atoms. The topological polar surface area (TPSA) is 122 Å². The van der Waals surface area contributed by atoms with Crippen LogP contribution in [0.25, 0.3) is 0 Å². The fourth-order valence-electron chi connectivity index (χ4n) is 2.68. The molecule has 2 aromatic carbocycles. The van der Waals surface area contributed by atoms with Crippen molar-refractivity contribution in [1.82, 2.24) is 5.32 Å². The summed E-state index contributed by atoms with van der Waals surface area (Å²) >= 11 is 0. The highest BCUT2D eigenvalue weighted by Crippen LogP contribution is 2.30. The molecule has 8 heteroatoms. The molecule has 0 heterocycles. The largest absolute Gasteiger partial charge is 0.493 e. The number of nitrogens with one attached hydrogen (secondary N) is 1. The van der Waals surface area contributed by atoms with Gasteiger partial charge in [-0.15, -0.1) is 0 Å². The first-order valence-electron chi connectivity index (χ1n) is 8.37. The summed E-state index contributed by atoms with van der Waals surface area (Å²) in [5.41, 5.74) is -1.18. The van der Waals surface area contributed by atoms with E-state index in [1.165, 1.54) is 19.2 Å². The number of aliphatic carboxylic acids is 2. The van der Waals surface area contributed by atoms with Gasteiger partial charge >= 0.3 is 11.9 Å². The molecule has 0 radical (unpaired) electrons. The molecule has 28 heavy (non-hydrogen) atoms. The smallest absolute Gasteiger partial charge is 0.341 e. The Morgan fingerprint density at radius 2 is 1.61 bits per heavy atom. The molecule has 0 saturated heterocycles. The summed E-state index contributed by atoms with van der Waals surface area (Å²) in [7, 11) is 1.42. The third-order valence-electron chi connectivity index (χ3n) is 4.05. The number of methoxy groups -OCH3 is 1. The number of hydrogen-bond acceptors (Lipinski definition) is 5. The van der Waals surface area contributed by atoms with E-state index < -0.39 is 29.8 Å². The van der Waals surface area contributed by atoms with E-state index in [-0.39, 0.29) is 0 Å². The van der Waals surface area contributed by atoms with Gasteiger partial charge in [0.2, 0.25) is 11.4 Å². The van der Waals surface area contributed by atoms with E-state index in [1.807, 2.05) is 35.6 Å². The molecule has 0 aliphatic carbocycles. The van der Waals surface area contributed by atoms with Gasteiger partial charge in [-0.25, -0.2) is 9.59 Å². The van der Waals surface area contributed by atoms with E-state index in [4.69, 9.17) is 9.47 Å². The van der Waals surface area contributed by atoms with E-state index in [0.29, 0.717) is 23.7 Å². The maximum atomic E-state index is 11.6. The lowest BCUT2D eigenvalue weighted by molar-refractivity contribution is -0.161. The van der Waals surface area contributed by atoms with Crippen molar-refractivity contribution in [2.45, 2.75) is 25.5 Å². The van der Waals surface area contributed by atoms with Crippen LogP contribution in [-0.4, -0.2) is 40.7 Å². The molecular formula is C20H21NO7. The van der Waals surface area contributed by atoms with Crippen molar-refractivity contribution in [3.05, 3.63) is 59.7 Å². The molecule has 3 N–H and O–H groups in total. The first-order chi connectivity index (χ1) is 13.3. The quantitative estimate of drug-likeness (QED) is 0.561. The maximum absolute atomic E-state index is 11.6. The van der Waals surface area contributed by atoms with Crippen LogP contribution in [0.5, 0.6) is 11.5 Å². The molecule has 0 aromatic heterocycles. The van der Waals surface area contributed by atoms with E-state index in [0.717, 1.165) is 12.5 Å². The Hall–Kier alpha value is -3.55. The van der Waals surface area contributed by atoms with Crippen molar-refractivity contribution in [1.29, 1.82) is 0 Å². The molecule has 0 saturated carbocycles. The van der Waals surface area contributed by atoms with Gasteiger partial charge in [-0.3, -0.25) is 4.79 Å². The van der Waals surface area contributed by atoms with Gasteiger partial charge in [-0.2, -0.15) is 0 Å². The van der Waals surface area contributed by atoms with Crippen molar-refractivity contribution in [2.75, 3.05) is 7.11 Å². The first kappa shape index (κ1) is 20.8. The molecule has 0 bridgehead atoms. The van der Waals surface area contributed by atoms with Crippen LogP contribution < -0.4 is 14.8 Å². The summed E-state index contributed by atoms with van der Waals surface area (Å²) in [6.45, 7) is 1.36. The van der Waals surface area contributed by atoms with Crippen LogP contribution in [0.3, 0.4) is 0 Å². The normalized spacial score (nSPS) is 10.8. The number of carbonyl (C=O) groups excluding carboxylic acids is 1. The van der Waals surface area contributed by atoms with Gasteiger partial charge in [-0.1, -0.05) is 36.4 Å². The van der Waals surface area contributed by atoms with E-state index in [2.05, 4.69) is 0 Å². The summed E-state index contributed by atoms with van der Waals surface area (Å²) in [6.07, 6.45) is -0.466. The van der Waals surface area contributed by atoms with Gasteiger partial charge in [0.25, 0.3) is 0 Å². The van der Waals surface area contributed by atoms with Gasteiger partial charge in [0, 0.05) is 13.3 Å². The minimum Gasteiger partial charge on any atom is -0.493 e. The fraction of sp³-hybridized carbons (Fsp3) is 0.250. The Morgan fingerprint density at radius 3 is 2.14 bits per heavy atom. The van der Waals surface area contributed by atoms with E-state index in [1.54, 1.807) is 6.07 Å². The fourth-order valence-corrected chi connectivity index (χ4v) is 2.68. The Kier molecular flexibility index (Phi) is 6.59. The van der Waals surface area contributed by atoms with Crippen LogP contribution in [0.4, 0.5) is 0 Å². The highest BCUT2D eigenvalue weighted by molar-refractivity contribution is 6.06. The summed E-state index contributed by atoms with van der Waals surface area (Å²) in [5, 5.41) is 20.9. The van der Waals surface area contributed by atoms with Crippen LogP contribution in [0, 0.1) is 0 Å². The van der Waals surface area contributed by atoms with Crippen molar-refractivity contribution in [2.24, 2.45) is 0 Å². The Bertz CT molecular complexity index is 850. The van der Waals surface area contributed by atoms with Gasteiger partial charge in [-0.05, 0) is 23.3 Å². The van der Waals surface area contributed by atoms with Gasteiger partial charge in [0.15, 0.2) is 11.5 Å². The van der Waals surface area contributed by atoms with Crippen molar-refractivity contribution < 1.29 is 34.1 Å². The van der Waals surface area contributed by atoms with Gasteiger partial charge in [0.1, 0.15) is 6.61 Å².